The minimum atomic E-state index is -0.477. The molecule has 0 aromatic carbocycles. The molecule has 1 N–H and O–H groups in total. The summed E-state index contributed by atoms with van der Waals surface area (Å²) in [6.07, 6.45) is 1.66. The van der Waals surface area contributed by atoms with Crippen molar-refractivity contribution in [1.29, 1.82) is 0 Å². The van der Waals surface area contributed by atoms with Gasteiger partial charge in [0.1, 0.15) is 0 Å². The Kier molecular flexibility index (Phi) is 2.52. The monoisotopic (exact) mass is 228 g/mol. The first-order chi connectivity index (χ1) is 3.83. The van der Waals surface area contributed by atoms with E-state index in [2.05, 4.69) is 22.6 Å². The van der Waals surface area contributed by atoms with Crippen molar-refractivity contribution in [3.05, 3.63) is 0 Å². The molecule has 1 saturated heterocycles. The second kappa shape index (κ2) is 2.98. The standard InChI is InChI=1S/C5H9IO2/c6-3-4-1-2-5(7)8-4/h4-5,7H,1-3H2/t4-,5-/m0/s1. The van der Waals surface area contributed by atoms with Crippen LogP contribution in [0.15, 0.2) is 0 Å². The van der Waals surface area contributed by atoms with Gasteiger partial charge in [-0.3, -0.25) is 0 Å². The van der Waals surface area contributed by atoms with Crippen LogP contribution >= 0.6 is 22.6 Å². The molecule has 0 aromatic rings. The van der Waals surface area contributed by atoms with Gasteiger partial charge in [0.25, 0.3) is 0 Å². The molecule has 0 aromatic heterocycles. The van der Waals surface area contributed by atoms with Crippen molar-refractivity contribution < 1.29 is 9.84 Å². The smallest absolute Gasteiger partial charge is 0.155 e. The number of ether oxygens (including phenoxy) is 1. The van der Waals surface area contributed by atoms with Gasteiger partial charge in [0.15, 0.2) is 6.29 Å². The van der Waals surface area contributed by atoms with Crippen LogP contribution in [0, 0.1) is 0 Å². The number of hydrogen-bond donors (Lipinski definition) is 1. The van der Waals surface area contributed by atoms with E-state index in [1.165, 1.54) is 0 Å². The van der Waals surface area contributed by atoms with Crippen molar-refractivity contribution in [2.24, 2.45) is 0 Å². The molecule has 1 rings (SSSR count). The van der Waals surface area contributed by atoms with E-state index in [1.807, 2.05) is 0 Å². The zero-order valence-electron chi connectivity index (χ0n) is 4.51. The third-order valence-electron chi connectivity index (χ3n) is 1.26. The normalized spacial score (nSPS) is 38.2. The first-order valence-corrected chi connectivity index (χ1v) is 4.25. The highest BCUT2D eigenvalue weighted by Crippen LogP contribution is 2.18. The van der Waals surface area contributed by atoms with E-state index < -0.39 is 6.29 Å². The van der Waals surface area contributed by atoms with Crippen LogP contribution in [0.2, 0.25) is 0 Å². The zero-order chi connectivity index (χ0) is 5.98. The van der Waals surface area contributed by atoms with Crippen molar-refractivity contribution in [3.63, 3.8) is 0 Å². The van der Waals surface area contributed by atoms with Crippen LogP contribution in [0.3, 0.4) is 0 Å². The topological polar surface area (TPSA) is 29.5 Å². The Morgan fingerprint density at radius 2 is 2.38 bits per heavy atom. The van der Waals surface area contributed by atoms with Crippen LogP contribution in [0.4, 0.5) is 0 Å². The minimum absolute atomic E-state index is 0.311. The van der Waals surface area contributed by atoms with Gasteiger partial charge in [-0.15, -0.1) is 0 Å². The Hall–Kier alpha value is 0.650. The summed E-state index contributed by atoms with van der Waals surface area (Å²) in [6, 6.07) is 0. The van der Waals surface area contributed by atoms with Crippen LogP contribution in [0.5, 0.6) is 0 Å². The molecule has 1 aliphatic rings. The lowest BCUT2D eigenvalue weighted by atomic mass is 10.3. The molecule has 8 heavy (non-hydrogen) atoms. The van der Waals surface area contributed by atoms with Gasteiger partial charge < -0.3 is 9.84 Å². The molecule has 2 nitrogen and oxygen atoms in total. The predicted octanol–water partition coefficient (Wildman–Crippen LogP) is 0.919. The molecular formula is C5H9IO2. The summed E-state index contributed by atoms with van der Waals surface area (Å²) in [6.45, 7) is 0. The summed E-state index contributed by atoms with van der Waals surface area (Å²) in [5.41, 5.74) is 0. The van der Waals surface area contributed by atoms with Crippen molar-refractivity contribution in [3.8, 4) is 0 Å². The maximum Gasteiger partial charge on any atom is 0.155 e. The highest BCUT2D eigenvalue weighted by Gasteiger charge is 2.21. The summed E-state index contributed by atoms with van der Waals surface area (Å²) >= 11 is 2.26. The Labute approximate surface area is 62.4 Å². The van der Waals surface area contributed by atoms with Gasteiger partial charge >= 0.3 is 0 Å². The quantitative estimate of drug-likeness (QED) is 0.534. The molecule has 1 fully saturated rings. The van der Waals surface area contributed by atoms with E-state index in [-0.39, 0.29) is 0 Å². The number of aliphatic hydroxyl groups is 1. The lowest BCUT2D eigenvalue weighted by Gasteiger charge is -2.03. The van der Waals surface area contributed by atoms with Gasteiger partial charge in [-0.1, -0.05) is 22.6 Å². The van der Waals surface area contributed by atoms with E-state index in [0.717, 1.165) is 17.3 Å². The SMILES string of the molecule is O[C@@H]1CC[C@@H](CI)O1. The maximum absolute atomic E-state index is 8.81. The maximum atomic E-state index is 8.81. The fraction of sp³-hybridized carbons (Fsp3) is 1.00. The van der Waals surface area contributed by atoms with Gasteiger partial charge in [0.2, 0.25) is 0 Å². The van der Waals surface area contributed by atoms with Crippen LogP contribution in [0.1, 0.15) is 12.8 Å². The van der Waals surface area contributed by atoms with Crippen molar-refractivity contribution in [2.75, 3.05) is 4.43 Å². The number of aliphatic hydroxyl groups excluding tert-OH is 1. The van der Waals surface area contributed by atoms with Gasteiger partial charge in [0, 0.05) is 10.8 Å². The predicted molar refractivity (Wildman–Crippen MR) is 39.0 cm³/mol. The second-order valence-electron chi connectivity index (χ2n) is 1.94. The third kappa shape index (κ3) is 1.56. The average Bonchev–Trinajstić information content (AvgIpc) is 2.14. The first-order valence-electron chi connectivity index (χ1n) is 2.72. The van der Waals surface area contributed by atoms with E-state index in [9.17, 15) is 0 Å². The molecule has 0 radical (unpaired) electrons. The van der Waals surface area contributed by atoms with Gasteiger partial charge in [0.05, 0.1) is 6.10 Å². The molecule has 48 valence electrons. The summed E-state index contributed by atoms with van der Waals surface area (Å²) in [4.78, 5) is 0. The van der Waals surface area contributed by atoms with E-state index in [4.69, 9.17) is 9.84 Å². The number of alkyl halides is 1. The molecule has 0 amide bonds. The fourth-order valence-electron chi connectivity index (χ4n) is 0.800. The van der Waals surface area contributed by atoms with Gasteiger partial charge in [-0.05, 0) is 6.42 Å². The molecule has 0 spiro atoms. The summed E-state index contributed by atoms with van der Waals surface area (Å²) in [5.74, 6) is 0. The van der Waals surface area contributed by atoms with Crippen molar-refractivity contribution in [1.82, 2.24) is 0 Å². The molecule has 3 heteroatoms. The molecular weight excluding hydrogens is 219 g/mol. The number of hydrogen-bond acceptors (Lipinski definition) is 2. The van der Waals surface area contributed by atoms with E-state index in [0.29, 0.717) is 6.10 Å². The van der Waals surface area contributed by atoms with Crippen LogP contribution in [-0.2, 0) is 4.74 Å². The highest BCUT2D eigenvalue weighted by atomic mass is 127. The van der Waals surface area contributed by atoms with Crippen molar-refractivity contribution in [2.45, 2.75) is 25.2 Å². The first kappa shape index (κ1) is 6.77. The van der Waals surface area contributed by atoms with Crippen LogP contribution < -0.4 is 0 Å². The van der Waals surface area contributed by atoms with Gasteiger partial charge in [-0.25, -0.2) is 0 Å². The molecule has 0 bridgehead atoms. The van der Waals surface area contributed by atoms with Crippen LogP contribution in [0.25, 0.3) is 0 Å². The van der Waals surface area contributed by atoms with E-state index >= 15 is 0 Å². The Morgan fingerprint density at radius 1 is 1.62 bits per heavy atom. The minimum Gasteiger partial charge on any atom is -0.368 e. The molecule has 1 aliphatic heterocycles. The van der Waals surface area contributed by atoms with Gasteiger partial charge in [-0.2, -0.15) is 0 Å². The lowest BCUT2D eigenvalue weighted by Crippen LogP contribution is -2.10. The molecule has 0 saturated carbocycles. The Morgan fingerprint density at radius 3 is 2.62 bits per heavy atom. The molecule has 1 heterocycles. The number of rotatable bonds is 1. The molecule has 0 aliphatic carbocycles. The zero-order valence-corrected chi connectivity index (χ0v) is 6.67. The number of halogens is 1. The summed E-state index contributed by atoms with van der Waals surface area (Å²) in [7, 11) is 0. The summed E-state index contributed by atoms with van der Waals surface area (Å²) in [5, 5.41) is 8.81. The molecule has 2 atom stereocenters. The Bertz CT molecular complexity index is 76.8. The van der Waals surface area contributed by atoms with Crippen molar-refractivity contribution >= 4 is 22.6 Å². The largest absolute Gasteiger partial charge is 0.368 e. The van der Waals surface area contributed by atoms with E-state index in [1.54, 1.807) is 0 Å². The fourth-order valence-corrected chi connectivity index (χ4v) is 1.45. The van der Waals surface area contributed by atoms with Crippen LogP contribution in [-0.4, -0.2) is 21.9 Å². The average molecular weight is 228 g/mol. The second-order valence-corrected chi connectivity index (χ2v) is 2.83. The highest BCUT2D eigenvalue weighted by molar-refractivity contribution is 14.1. The summed E-state index contributed by atoms with van der Waals surface area (Å²) < 4.78 is 6.05. The third-order valence-corrected chi connectivity index (χ3v) is 2.24. The molecule has 0 unspecified atom stereocenters. The lowest BCUT2D eigenvalue weighted by molar-refractivity contribution is -0.0830. The Balaban J connectivity index is 2.22.